The van der Waals surface area contributed by atoms with Crippen molar-refractivity contribution in [2.45, 2.75) is 39.3 Å². The summed E-state index contributed by atoms with van der Waals surface area (Å²) in [6.45, 7) is 3.70. The second-order valence-electron chi connectivity index (χ2n) is 4.74. The first-order valence-electron chi connectivity index (χ1n) is 6.32. The number of nitrogens with zero attached hydrogens (tertiary/aromatic N) is 4. The largest absolute Gasteiger partial charge is 0.346 e. The minimum Gasteiger partial charge on any atom is -0.346 e. The van der Waals surface area contributed by atoms with Crippen LogP contribution in [0.25, 0.3) is 0 Å². The summed E-state index contributed by atoms with van der Waals surface area (Å²) in [6, 6.07) is 2.03. The van der Waals surface area contributed by atoms with E-state index in [0.29, 0.717) is 12.2 Å². The van der Waals surface area contributed by atoms with Crippen LogP contribution >= 0.6 is 0 Å². The predicted molar refractivity (Wildman–Crippen MR) is 66.5 cm³/mol. The lowest BCUT2D eigenvalue weighted by Crippen LogP contribution is -2.16. The van der Waals surface area contributed by atoms with Gasteiger partial charge in [-0.15, -0.1) is 5.10 Å². The molecule has 0 atom stereocenters. The van der Waals surface area contributed by atoms with E-state index in [4.69, 9.17) is 0 Å². The van der Waals surface area contributed by atoms with Crippen LogP contribution in [0.4, 0.5) is 0 Å². The van der Waals surface area contributed by atoms with E-state index in [-0.39, 0.29) is 0 Å². The van der Waals surface area contributed by atoms with Crippen LogP contribution in [0.1, 0.15) is 34.6 Å². The average Bonchev–Trinajstić information content (AvgIpc) is 2.95. The minimum absolute atomic E-state index is 0.291. The molecule has 0 bridgehead atoms. The van der Waals surface area contributed by atoms with E-state index in [0.717, 1.165) is 37.2 Å². The molecule has 3 rings (SSSR count). The van der Waals surface area contributed by atoms with Gasteiger partial charge in [-0.05, 0) is 25.8 Å². The summed E-state index contributed by atoms with van der Waals surface area (Å²) in [7, 11) is 0. The van der Waals surface area contributed by atoms with Gasteiger partial charge in [0.15, 0.2) is 5.78 Å². The predicted octanol–water partition coefficient (Wildman–Crippen LogP) is 1.61. The van der Waals surface area contributed by atoms with E-state index >= 15 is 0 Å². The van der Waals surface area contributed by atoms with Gasteiger partial charge in [-0.1, -0.05) is 5.21 Å². The number of aromatic nitrogens is 4. The number of aryl methyl sites for hydroxylation is 2. The van der Waals surface area contributed by atoms with Crippen molar-refractivity contribution < 1.29 is 4.79 Å². The molecule has 0 N–H and O–H groups in total. The molecule has 0 radical (unpaired) electrons. The third-order valence-electron chi connectivity index (χ3n) is 3.56. The quantitative estimate of drug-likeness (QED) is 0.824. The van der Waals surface area contributed by atoms with E-state index in [9.17, 15) is 4.79 Å². The number of hydrogen-bond donors (Lipinski definition) is 0. The van der Waals surface area contributed by atoms with Gasteiger partial charge in [0.25, 0.3) is 0 Å². The Morgan fingerprint density at radius 3 is 3.00 bits per heavy atom. The summed E-state index contributed by atoms with van der Waals surface area (Å²) in [5.41, 5.74) is 3.29. The number of hydrogen-bond acceptors (Lipinski definition) is 3. The van der Waals surface area contributed by atoms with Gasteiger partial charge < -0.3 is 4.57 Å². The summed E-state index contributed by atoms with van der Waals surface area (Å²) >= 11 is 0. The third kappa shape index (κ3) is 1.85. The third-order valence-corrected chi connectivity index (χ3v) is 3.56. The van der Waals surface area contributed by atoms with Crippen molar-refractivity contribution >= 4 is 5.78 Å². The summed E-state index contributed by atoms with van der Waals surface area (Å²) in [5, 5.41) is 7.75. The fourth-order valence-corrected chi connectivity index (χ4v) is 2.66. The topological polar surface area (TPSA) is 52.7 Å². The zero-order valence-electron chi connectivity index (χ0n) is 10.5. The lowest BCUT2D eigenvalue weighted by molar-refractivity contribution is 0.0971. The molecule has 0 spiro atoms. The lowest BCUT2D eigenvalue weighted by atomic mass is 9.97. The SMILES string of the molecule is Cc1cc2c(n1CCn1ccnn1)CCCC2=O. The van der Waals surface area contributed by atoms with Crippen molar-refractivity contribution in [1.82, 2.24) is 19.6 Å². The van der Waals surface area contributed by atoms with Crippen LogP contribution in [0.5, 0.6) is 0 Å². The molecular formula is C13H16N4O. The average molecular weight is 244 g/mol. The van der Waals surface area contributed by atoms with Gasteiger partial charge in [-0.25, -0.2) is 0 Å². The highest BCUT2D eigenvalue weighted by molar-refractivity contribution is 5.98. The summed E-state index contributed by atoms with van der Waals surface area (Å²) < 4.78 is 4.06. The van der Waals surface area contributed by atoms with E-state index in [1.54, 1.807) is 6.20 Å². The lowest BCUT2D eigenvalue weighted by Gasteiger charge is -2.15. The van der Waals surface area contributed by atoms with Crippen LogP contribution in [0.15, 0.2) is 18.5 Å². The molecule has 0 unspecified atom stereocenters. The molecule has 0 saturated heterocycles. The monoisotopic (exact) mass is 244 g/mol. The molecule has 0 aliphatic heterocycles. The van der Waals surface area contributed by atoms with Gasteiger partial charge >= 0.3 is 0 Å². The Balaban J connectivity index is 1.85. The Kier molecular flexibility index (Phi) is 2.74. The number of carbonyl (C=O) groups excluding carboxylic acids is 1. The van der Waals surface area contributed by atoms with Crippen LogP contribution in [0.2, 0.25) is 0 Å². The summed E-state index contributed by atoms with van der Waals surface area (Å²) in [6.07, 6.45) is 6.21. The van der Waals surface area contributed by atoms with E-state index in [1.807, 2.05) is 16.9 Å². The van der Waals surface area contributed by atoms with Gasteiger partial charge in [0.2, 0.25) is 0 Å². The normalized spacial score (nSPS) is 14.8. The zero-order chi connectivity index (χ0) is 12.5. The van der Waals surface area contributed by atoms with Crippen LogP contribution in [0, 0.1) is 6.92 Å². The first kappa shape index (κ1) is 11.2. The first-order chi connectivity index (χ1) is 8.75. The fourth-order valence-electron chi connectivity index (χ4n) is 2.66. The van der Waals surface area contributed by atoms with Crippen LogP contribution in [-0.2, 0) is 19.5 Å². The number of fused-ring (bicyclic) bond motifs is 1. The van der Waals surface area contributed by atoms with Crippen LogP contribution in [-0.4, -0.2) is 25.3 Å². The van der Waals surface area contributed by atoms with Crippen molar-refractivity contribution in [3.8, 4) is 0 Å². The molecule has 18 heavy (non-hydrogen) atoms. The van der Waals surface area contributed by atoms with Crippen LogP contribution in [0.3, 0.4) is 0 Å². The van der Waals surface area contributed by atoms with Crippen molar-refractivity contribution in [3.05, 3.63) is 35.4 Å². The molecule has 5 heteroatoms. The standard InChI is InChI=1S/C13H16N4O/c1-10-9-11-12(3-2-4-13(11)18)17(10)8-7-16-6-5-14-15-16/h5-6,9H,2-4,7-8H2,1H3. The number of carbonyl (C=O) groups is 1. The summed E-state index contributed by atoms with van der Waals surface area (Å²) in [5.74, 6) is 0.291. The second kappa shape index (κ2) is 4.40. The Hall–Kier alpha value is -1.91. The van der Waals surface area contributed by atoms with E-state index < -0.39 is 0 Å². The molecule has 2 aromatic heterocycles. The number of rotatable bonds is 3. The van der Waals surface area contributed by atoms with Crippen molar-refractivity contribution in [2.24, 2.45) is 0 Å². The van der Waals surface area contributed by atoms with Crippen molar-refractivity contribution in [2.75, 3.05) is 0 Å². The van der Waals surface area contributed by atoms with E-state index in [2.05, 4.69) is 21.8 Å². The maximum absolute atomic E-state index is 11.8. The number of Topliss-reactive ketones (excluding diaryl/α,β-unsaturated/α-hetero) is 1. The Morgan fingerprint density at radius 2 is 2.22 bits per heavy atom. The highest BCUT2D eigenvalue weighted by Crippen LogP contribution is 2.24. The van der Waals surface area contributed by atoms with Gasteiger partial charge in [0.05, 0.1) is 12.7 Å². The molecular weight excluding hydrogens is 228 g/mol. The zero-order valence-corrected chi connectivity index (χ0v) is 10.5. The second-order valence-corrected chi connectivity index (χ2v) is 4.74. The highest BCUT2D eigenvalue weighted by atomic mass is 16.1. The maximum atomic E-state index is 11.8. The molecule has 0 fully saturated rings. The minimum atomic E-state index is 0.291. The Bertz CT molecular complexity index is 568. The smallest absolute Gasteiger partial charge is 0.164 e. The molecule has 5 nitrogen and oxygen atoms in total. The summed E-state index contributed by atoms with van der Waals surface area (Å²) in [4.78, 5) is 11.8. The highest BCUT2D eigenvalue weighted by Gasteiger charge is 2.22. The van der Waals surface area contributed by atoms with Crippen molar-refractivity contribution in [3.63, 3.8) is 0 Å². The Morgan fingerprint density at radius 1 is 1.33 bits per heavy atom. The molecule has 1 aliphatic carbocycles. The first-order valence-corrected chi connectivity index (χ1v) is 6.32. The number of ketones is 1. The molecule has 94 valence electrons. The molecule has 2 aromatic rings. The molecule has 0 amide bonds. The molecule has 0 saturated carbocycles. The van der Waals surface area contributed by atoms with Crippen LogP contribution < -0.4 is 0 Å². The molecule has 2 heterocycles. The van der Waals surface area contributed by atoms with Gasteiger partial charge in [-0.3, -0.25) is 9.48 Å². The van der Waals surface area contributed by atoms with Crippen molar-refractivity contribution in [1.29, 1.82) is 0 Å². The van der Waals surface area contributed by atoms with Gasteiger partial charge in [0.1, 0.15) is 0 Å². The molecule has 1 aliphatic rings. The van der Waals surface area contributed by atoms with Gasteiger partial charge in [-0.2, -0.15) is 0 Å². The maximum Gasteiger partial charge on any atom is 0.164 e. The Labute approximate surface area is 105 Å². The molecule has 0 aromatic carbocycles. The fraction of sp³-hybridized carbons (Fsp3) is 0.462. The van der Waals surface area contributed by atoms with Gasteiger partial charge in [0, 0.05) is 36.1 Å². The van der Waals surface area contributed by atoms with E-state index in [1.165, 1.54) is 5.69 Å².